The minimum Gasteiger partial charge on any atom is -0.461 e. The first-order chi connectivity index (χ1) is 13.5. The van der Waals surface area contributed by atoms with Crippen LogP contribution in [0, 0.1) is 0 Å². The fraction of sp³-hybridized carbons (Fsp3) is 0.545. The van der Waals surface area contributed by atoms with Crippen LogP contribution in [0.2, 0.25) is 0 Å². The van der Waals surface area contributed by atoms with Crippen molar-refractivity contribution < 1.29 is 14.0 Å². The number of carbonyl (C=O) groups is 2. The molecule has 1 aromatic heterocycles. The molecule has 6 heteroatoms. The van der Waals surface area contributed by atoms with E-state index in [-0.39, 0.29) is 18.6 Å². The summed E-state index contributed by atoms with van der Waals surface area (Å²) >= 11 is 0. The summed E-state index contributed by atoms with van der Waals surface area (Å²) in [7, 11) is 1.94. The summed E-state index contributed by atoms with van der Waals surface area (Å²) in [6, 6.07) is 7.76. The molecule has 4 rings (SSSR count). The van der Waals surface area contributed by atoms with Crippen molar-refractivity contribution in [1.29, 1.82) is 0 Å². The lowest BCUT2D eigenvalue weighted by molar-refractivity contribution is -0.133. The Morgan fingerprint density at radius 3 is 2.57 bits per heavy atom. The molecule has 2 aromatic rings. The maximum Gasteiger partial charge on any atom is 0.326 e. The number of benzene rings is 1. The largest absolute Gasteiger partial charge is 0.461 e. The van der Waals surface area contributed by atoms with Crippen molar-refractivity contribution in [2.45, 2.75) is 64.0 Å². The van der Waals surface area contributed by atoms with Crippen molar-refractivity contribution >= 4 is 22.9 Å². The quantitative estimate of drug-likeness (QED) is 0.792. The first-order valence-electron chi connectivity index (χ1n) is 10.4. The summed E-state index contributed by atoms with van der Waals surface area (Å²) < 4.78 is 5.98. The molecule has 6 nitrogen and oxygen atoms in total. The van der Waals surface area contributed by atoms with Gasteiger partial charge in [-0.15, -0.1) is 0 Å². The molecule has 28 heavy (non-hydrogen) atoms. The SMILES string of the molecule is CCc1oc2ccccc2c1CN(C)CN1C(=O)NC2(CCCCCC2)C1=O. The molecule has 1 aliphatic carbocycles. The summed E-state index contributed by atoms with van der Waals surface area (Å²) in [6.45, 7) is 2.99. The summed E-state index contributed by atoms with van der Waals surface area (Å²) in [5, 5.41) is 4.12. The van der Waals surface area contributed by atoms with Crippen LogP contribution >= 0.6 is 0 Å². The zero-order chi connectivity index (χ0) is 19.7. The van der Waals surface area contributed by atoms with Crippen molar-refractivity contribution in [3.05, 3.63) is 35.6 Å². The number of amides is 3. The number of hydrogen-bond donors (Lipinski definition) is 1. The van der Waals surface area contributed by atoms with Crippen LogP contribution in [0.5, 0.6) is 0 Å². The lowest BCUT2D eigenvalue weighted by Gasteiger charge is -2.26. The summed E-state index contributed by atoms with van der Waals surface area (Å²) in [5.41, 5.74) is 1.35. The molecule has 1 saturated carbocycles. The summed E-state index contributed by atoms with van der Waals surface area (Å²) in [6.07, 6.45) is 6.59. The molecule has 1 saturated heterocycles. The van der Waals surface area contributed by atoms with E-state index in [1.165, 1.54) is 4.90 Å². The third-order valence-corrected chi connectivity index (χ3v) is 6.12. The smallest absolute Gasteiger partial charge is 0.326 e. The Morgan fingerprint density at radius 1 is 1.14 bits per heavy atom. The molecular weight excluding hydrogens is 354 g/mol. The molecule has 0 atom stereocenters. The van der Waals surface area contributed by atoms with Crippen LogP contribution < -0.4 is 5.32 Å². The number of nitrogens with one attached hydrogen (secondary N) is 1. The van der Waals surface area contributed by atoms with Crippen LogP contribution in [-0.4, -0.2) is 41.0 Å². The van der Waals surface area contributed by atoms with Crippen molar-refractivity contribution in [1.82, 2.24) is 15.1 Å². The number of imide groups is 1. The number of aryl methyl sites for hydroxylation is 1. The average molecular weight is 383 g/mol. The van der Waals surface area contributed by atoms with Gasteiger partial charge in [0, 0.05) is 23.9 Å². The Labute approximate surface area is 165 Å². The molecule has 0 bridgehead atoms. The first-order valence-corrected chi connectivity index (χ1v) is 10.4. The summed E-state index contributed by atoms with van der Waals surface area (Å²) in [5.74, 6) is 0.907. The second-order valence-electron chi connectivity index (χ2n) is 8.17. The monoisotopic (exact) mass is 383 g/mol. The van der Waals surface area contributed by atoms with Gasteiger partial charge >= 0.3 is 6.03 Å². The van der Waals surface area contributed by atoms with Crippen LogP contribution in [0.3, 0.4) is 0 Å². The van der Waals surface area contributed by atoms with E-state index >= 15 is 0 Å². The molecule has 1 aliphatic heterocycles. The normalized spacial score (nSPS) is 19.6. The van der Waals surface area contributed by atoms with Crippen LogP contribution in [0.25, 0.3) is 11.0 Å². The molecule has 2 fully saturated rings. The lowest BCUT2D eigenvalue weighted by Crippen LogP contribution is -2.47. The van der Waals surface area contributed by atoms with E-state index in [0.29, 0.717) is 6.54 Å². The maximum atomic E-state index is 13.1. The highest BCUT2D eigenvalue weighted by atomic mass is 16.3. The number of nitrogens with zero attached hydrogens (tertiary/aromatic N) is 2. The van der Waals surface area contributed by atoms with Gasteiger partial charge in [-0.1, -0.05) is 50.8 Å². The number of para-hydroxylation sites is 1. The van der Waals surface area contributed by atoms with Gasteiger partial charge in [0.1, 0.15) is 16.9 Å². The molecular formula is C22H29N3O3. The Kier molecular flexibility index (Phi) is 5.15. The molecule has 1 aromatic carbocycles. The van der Waals surface area contributed by atoms with Gasteiger partial charge in [0.2, 0.25) is 0 Å². The predicted molar refractivity (Wildman–Crippen MR) is 108 cm³/mol. The van der Waals surface area contributed by atoms with Gasteiger partial charge in [-0.25, -0.2) is 9.69 Å². The number of urea groups is 1. The van der Waals surface area contributed by atoms with Gasteiger partial charge in [-0.3, -0.25) is 9.69 Å². The van der Waals surface area contributed by atoms with Crippen LogP contribution in [0.4, 0.5) is 4.79 Å². The van der Waals surface area contributed by atoms with Crippen LogP contribution in [0.15, 0.2) is 28.7 Å². The summed E-state index contributed by atoms with van der Waals surface area (Å²) in [4.78, 5) is 29.1. The molecule has 1 N–H and O–H groups in total. The number of rotatable bonds is 5. The van der Waals surface area contributed by atoms with E-state index in [9.17, 15) is 9.59 Å². The Bertz CT molecular complexity index is 880. The predicted octanol–water partition coefficient (Wildman–Crippen LogP) is 4.03. The maximum absolute atomic E-state index is 13.1. The lowest BCUT2D eigenvalue weighted by atomic mass is 9.90. The minimum atomic E-state index is -0.675. The third kappa shape index (κ3) is 3.30. The molecule has 2 aliphatic rings. The van der Waals surface area contributed by atoms with Crippen LogP contribution in [-0.2, 0) is 17.8 Å². The van der Waals surface area contributed by atoms with Gasteiger partial charge < -0.3 is 9.73 Å². The van der Waals surface area contributed by atoms with Crippen LogP contribution in [0.1, 0.15) is 56.8 Å². The Hall–Kier alpha value is -2.34. The number of carbonyl (C=O) groups excluding carboxylic acids is 2. The Morgan fingerprint density at radius 2 is 1.86 bits per heavy atom. The van der Waals surface area contributed by atoms with E-state index in [0.717, 1.165) is 67.2 Å². The van der Waals surface area contributed by atoms with E-state index in [4.69, 9.17) is 4.42 Å². The van der Waals surface area contributed by atoms with Gasteiger partial charge in [-0.2, -0.15) is 0 Å². The van der Waals surface area contributed by atoms with E-state index < -0.39 is 5.54 Å². The van der Waals surface area contributed by atoms with Crippen molar-refractivity contribution in [3.63, 3.8) is 0 Å². The highest BCUT2D eigenvalue weighted by Crippen LogP contribution is 2.33. The zero-order valence-electron chi connectivity index (χ0n) is 16.8. The molecule has 2 heterocycles. The van der Waals surface area contributed by atoms with Crippen molar-refractivity contribution in [2.24, 2.45) is 0 Å². The first kappa shape index (κ1) is 19.0. The fourth-order valence-electron chi connectivity index (χ4n) is 4.65. The molecule has 1 spiro atoms. The second kappa shape index (κ2) is 7.59. The topological polar surface area (TPSA) is 65.8 Å². The molecule has 3 amide bonds. The van der Waals surface area contributed by atoms with Crippen molar-refractivity contribution in [2.75, 3.05) is 13.7 Å². The third-order valence-electron chi connectivity index (χ3n) is 6.12. The Balaban J connectivity index is 1.50. The van der Waals surface area contributed by atoms with Crippen molar-refractivity contribution in [3.8, 4) is 0 Å². The molecule has 0 radical (unpaired) electrons. The minimum absolute atomic E-state index is 0.0565. The highest BCUT2D eigenvalue weighted by Gasteiger charge is 2.50. The van der Waals surface area contributed by atoms with Gasteiger partial charge in [0.25, 0.3) is 5.91 Å². The number of furan rings is 1. The number of hydrogen-bond acceptors (Lipinski definition) is 4. The van der Waals surface area contributed by atoms with E-state index in [2.05, 4.69) is 18.3 Å². The molecule has 150 valence electrons. The van der Waals surface area contributed by atoms with Gasteiger partial charge in [0.15, 0.2) is 0 Å². The van der Waals surface area contributed by atoms with E-state index in [1.54, 1.807) is 0 Å². The zero-order valence-corrected chi connectivity index (χ0v) is 16.8. The highest BCUT2D eigenvalue weighted by molar-refractivity contribution is 6.07. The van der Waals surface area contributed by atoms with Gasteiger partial charge in [-0.05, 0) is 26.0 Å². The standard InChI is InChI=1S/C22H29N3O3/c1-3-18-17(16-10-6-7-11-19(16)28-18)14-24(2)15-25-20(26)22(23-21(25)27)12-8-4-5-9-13-22/h6-7,10-11H,3-5,8-9,12-15H2,1-2H3,(H,23,27). The average Bonchev–Trinajstić information content (AvgIpc) is 3.01. The second-order valence-corrected chi connectivity index (χ2v) is 8.17. The van der Waals surface area contributed by atoms with Gasteiger partial charge in [0.05, 0.1) is 6.67 Å². The fourth-order valence-corrected chi connectivity index (χ4v) is 4.65. The number of fused-ring (bicyclic) bond motifs is 1. The molecule has 0 unspecified atom stereocenters. The van der Waals surface area contributed by atoms with E-state index in [1.807, 2.05) is 30.1 Å².